The Labute approximate surface area is 149 Å². The van der Waals surface area contributed by atoms with Gasteiger partial charge in [0.1, 0.15) is 28.3 Å². The van der Waals surface area contributed by atoms with E-state index < -0.39 is 17.7 Å². The van der Waals surface area contributed by atoms with E-state index >= 15 is 0 Å². The van der Waals surface area contributed by atoms with Crippen LogP contribution in [0.1, 0.15) is 38.5 Å². The van der Waals surface area contributed by atoms with Gasteiger partial charge in [-0.3, -0.25) is 9.79 Å². The highest BCUT2D eigenvalue weighted by Crippen LogP contribution is 2.24. The maximum atomic E-state index is 12.5. The fraction of sp³-hybridized carbons (Fsp3) is 0.500. The predicted molar refractivity (Wildman–Crippen MR) is 95.9 cm³/mol. The summed E-state index contributed by atoms with van der Waals surface area (Å²) in [5, 5.41) is 15.3. The van der Waals surface area contributed by atoms with Crippen LogP contribution in [0.5, 0.6) is 5.75 Å². The molecule has 0 aliphatic carbocycles. The summed E-state index contributed by atoms with van der Waals surface area (Å²) >= 11 is 1.36. The normalized spacial score (nSPS) is 18.6. The zero-order valence-electron chi connectivity index (χ0n) is 14.3. The summed E-state index contributed by atoms with van der Waals surface area (Å²) in [5.41, 5.74) is -0.152. The van der Waals surface area contributed by atoms with E-state index in [9.17, 15) is 9.59 Å². The number of hydrogen-bond acceptors (Lipinski definition) is 8. The van der Waals surface area contributed by atoms with Gasteiger partial charge in [0.15, 0.2) is 0 Å². The highest BCUT2D eigenvalue weighted by molar-refractivity contribution is 8.16. The van der Waals surface area contributed by atoms with Gasteiger partial charge < -0.3 is 19.7 Å². The molecule has 2 N–H and O–H groups in total. The predicted octanol–water partition coefficient (Wildman–Crippen LogP) is 1.97. The topological polar surface area (TPSA) is 113 Å². The van der Waals surface area contributed by atoms with Gasteiger partial charge in [-0.2, -0.15) is 0 Å². The molecule has 25 heavy (non-hydrogen) atoms. The van der Waals surface area contributed by atoms with Crippen LogP contribution in [-0.2, 0) is 4.79 Å². The number of nitrogens with zero attached hydrogens (tertiary/aromatic N) is 2. The van der Waals surface area contributed by atoms with Gasteiger partial charge in [-0.05, 0) is 13.3 Å². The molecular weight excluding hydrogens is 346 g/mol. The molecule has 2 unspecified atom stereocenters. The van der Waals surface area contributed by atoms with Gasteiger partial charge in [-0.25, -0.2) is 4.79 Å². The Balaban J connectivity index is 2.17. The van der Waals surface area contributed by atoms with E-state index in [1.165, 1.54) is 24.9 Å². The third-order valence-corrected chi connectivity index (χ3v) is 4.81. The molecule has 1 amide bonds. The monoisotopic (exact) mass is 367 g/mol. The molecule has 0 bridgehead atoms. The average molecular weight is 367 g/mol. The minimum Gasteiger partial charge on any atom is -0.496 e. The number of amides is 1. The summed E-state index contributed by atoms with van der Waals surface area (Å²) in [6, 6.07) is 1.82. The average Bonchev–Trinajstić information content (AvgIpc) is 3.10. The molecule has 2 rings (SSSR count). The smallest absolute Gasteiger partial charge is 0.339 e. The standard InChI is InChI=1S/C16H21N3O5S/c1-4-5-11(13-6-10(23-3)7-14(20)24-13)17-15(21)12-8-25-16(18-12)9(2)19-22/h6-7,11-12,22H,4-5,8H2,1-3H3,(H,17,21)/b19-9-. The van der Waals surface area contributed by atoms with E-state index in [4.69, 9.17) is 14.4 Å². The van der Waals surface area contributed by atoms with Crippen molar-refractivity contribution in [3.05, 3.63) is 28.3 Å². The number of ether oxygens (including phenoxy) is 1. The largest absolute Gasteiger partial charge is 0.496 e. The Kier molecular flexibility index (Phi) is 6.63. The van der Waals surface area contributed by atoms with Gasteiger partial charge in [0, 0.05) is 11.8 Å². The molecule has 2 heterocycles. The zero-order valence-corrected chi connectivity index (χ0v) is 15.1. The summed E-state index contributed by atoms with van der Waals surface area (Å²) < 4.78 is 10.3. The lowest BCUT2D eigenvalue weighted by Gasteiger charge is -2.18. The molecule has 9 heteroatoms. The van der Waals surface area contributed by atoms with Gasteiger partial charge in [-0.1, -0.05) is 18.5 Å². The molecule has 2 atom stereocenters. The van der Waals surface area contributed by atoms with Gasteiger partial charge in [0.2, 0.25) is 5.91 Å². The number of methoxy groups -OCH3 is 1. The van der Waals surface area contributed by atoms with Crippen molar-refractivity contribution in [2.45, 2.75) is 38.8 Å². The van der Waals surface area contributed by atoms with Crippen LogP contribution in [0, 0.1) is 0 Å². The molecule has 0 saturated heterocycles. The molecule has 1 aliphatic heterocycles. The Bertz CT molecular complexity index is 744. The minimum atomic E-state index is -0.576. The first-order valence-corrected chi connectivity index (χ1v) is 8.86. The molecule has 136 valence electrons. The number of rotatable bonds is 7. The minimum absolute atomic E-state index is 0.267. The van der Waals surface area contributed by atoms with Crippen LogP contribution in [-0.4, -0.2) is 40.8 Å². The first-order chi connectivity index (χ1) is 12.0. The van der Waals surface area contributed by atoms with Crippen LogP contribution >= 0.6 is 11.8 Å². The van der Waals surface area contributed by atoms with E-state index in [2.05, 4.69) is 15.5 Å². The Morgan fingerprint density at radius 2 is 2.36 bits per heavy atom. The lowest BCUT2D eigenvalue weighted by Crippen LogP contribution is -2.37. The second-order valence-electron chi connectivity index (χ2n) is 5.51. The quantitative estimate of drug-likeness (QED) is 0.433. The first kappa shape index (κ1) is 19.0. The molecule has 8 nitrogen and oxygen atoms in total. The maximum Gasteiger partial charge on any atom is 0.339 e. The Hall–Kier alpha value is -2.29. The zero-order chi connectivity index (χ0) is 18.4. The first-order valence-electron chi connectivity index (χ1n) is 7.87. The Morgan fingerprint density at radius 3 is 3.00 bits per heavy atom. The van der Waals surface area contributed by atoms with E-state index in [0.717, 1.165) is 6.42 Å². The molecular formula is C16H21N3O5S. The third-order valence-electron chi connectivity index (χ3n) is 3.65. The molecule has 0 fully saturated rings. The van der Waals surface area contributed by atoms with E-state index in [-0.39, 0.29) is 5.91 Å². The van der Waals surface area contributed by atoms with Crippen LogP contribution in [0.25, 0.3) is 0 Å². The fourth-order valence-corrected chi connectivity index (χ4v) is 3.35. The molecule has 0 aromatic carbocycles. The number of hydrogen-bond donors (Lipinski definition) is 2. The van der Waals surface area contributed by atoms with Crippen molar-refractivity contribution in [2.75, 3.05) is 12.9 Å². The number of oxime groups is 1. The number of thioether (sulfide) groups is 1. The summed E-state index contributed by atoms with van der Waals surface area (Å²) in [5.74, 6) is 0.933. The molecule has 1 aromatic rings. The van der Waals surface area contributed by atoms with Gasteiger partial charge in [-0.15, -0.1) is 11.8 Å². The van der Waals surface area contributed by atoms with Gasteiger partial charge >= 0.3 is 5.63 Å². The molecule has 0 spiro atoms. The Morgan fingerprint density at radius 1 is 1.60 bits per heavy atom. The van der Waals surface area contributed by atoms with Crippen molar-refractivity contribution in [3.8, 4) is 5.75 Å². The van der Waals surface area contributed by atoms with Crippen molar-refractivity contribution in [2.24, 2.45) is 10.1 Å². The van der Waals surface area contributed by atoms with Crippen LogP contribution in [0.2, 0.25) is 0 Å². The van der Waals surface area contributed by atoms with Crippen LogP contribution < -0.4 is 15.7 Å². The van der Waals surface area contributed by atoms with Crippen molar-refractivity contribution in [1.82, 2.24) is 5.32 Å². The lowest BCUT2D eigenvalue weighted by molar-refractivity contribution is -0.122. The molecule has 0 radical (unpaired) electrons. The van der Waals surface area contributed by atoms with E-state index in [1.54, 1.807) is 13.0 Å². The fourth-order valence-electron chi connectivity index (χ4n) is 2.35. The van der Waals surface area contributed by atoms with E-state index in [1.807, 2.05) is 6.92 Å². The molecule has 0 saturated carbocycles. The summed E-state index contributed by atoms with van der Waals surface area (Å²) in [6.45, 7) is 3.59. The third kappa shape index (κ3) is 4.85. The maximum absolute atomic E-state index is 12.5. The van der Waals surface area contributed by atoms with Gasteiger partial charge in [0.05, 0.1) is 19.2 Å². The van der Waals surface area contributed by atoms with Crippen molar-refractivity contribution < 1.29 is 19.2 Å². The van der Waals surface area contributed by atoms with E-state index in [0.29, 0.717) is 34.4 Å². The van der Waals surface area contributed by atoms with Crippen LogP contribution in [0.15, 0.2) is 31.5 Å². The van der Waals surface area contributed by atoms with Gasteiger partial charge in [0.25, 0.3) is 0 Å². The summed E-state index contributed by atoms with van der Waals surface area (Å²) in [7, 11) is 1.46. The number of nitrogens with one attached hydrogen (secondary N) is 1. The van der Waals surface area contributed by atoms with Crippen LogP contribution in [0.3, 0.4) is 0 Å². The highest BCUT2D eigenvalue weighted by Gasteiger charge is 2.29. The second-order valence-corrected chi connectivity index (χ2v) is 6.52. The SMILES string of the molecule is CCCC(NC(=O)C1CSC(/C(C)=N\O)=N1)c1cc(OC)cc(=O)o1. The lowest BCUT2D eigenvalue weighted by atomic mass is 10.1. The number of aliphatic imine (C=N–C) groups is 1. The number of carbonyl (C=O) groups excluding carboxylic acids is 1. The van der Waals surface area contributed by atoms with Crippen molar-refractivity contribution in [1.29, 1.82) is 0 Å². The summed E-state index contributed by atoms with van der Waals surface area (Å²) in [6.07, 6.45) is 1.39. The summed E-state index contributed by atoms with van der Waals surface area (Å²) in [4.78, 5) is 28.4. The van der Waals surface area contributed by atoms with Crippen LogP contribution in [0.4, 0.5) is 0 Å². The highest BCUT2D eigenvalue weighted by atomic mass is 32.2. The number of carbonyl (C=O) groups is 1. The second kappa shape index (κ2) is 8.70. The molecule has 1 aromatic heterocycles. The van der Waals surface area contributed by atoms with Crippen molar-refractivity contribution in [3.63, 3.8) is 0 Å². The van der Waals surface area contributed by atoms with Crippen molar-refractivity contribution >= 4 is 28.4 Å². The molecule has 1 aliphatic rings.